The molecule has 1 aromatic rings. The van der Waals surface area contributed by atoms with Crippen molar-refractivity contribution in [3.05, 3.63) is 17.0 Å². The van der Waals surface area contributed by atoms with E-state index >= 15 is 0 Å². The molecule has 1 atom stereocenters. The zero-order chi connectivity index (χ0) is 13.5. The highest BCUT2D eigenvalue weighted by Crippen LogP contribution is 2.39. The van der Waals surface area contributed by atoms with E-state index in [1.807, 2.05) is 0 Å². The summed E-state index contributed by atoms with van der Waals surface area (Å²) in [7, 11) is 2.27. The molecule has 1 fully saturated rings. The Balaban J connectivity index is 1.67. The van der Waals surface area contributed by atoms with E-state index in [9.17, 15) is 0 Å². The molecular formula is C16H27N3. The van der Waals surface area contributed by atoms with E-state index in [4.69, 9.17) is 0 Å². The quantitative estimate of drug-likeness (QED) is 0.905. The topological polar surface area (TPSA) is 31.9 Å². The third kappa shape index (κ3) is 2.71. The Labute approximate surface area is 116 Å². The van der Waals surface area contributed by atoms with Gasteiger partial charge in [0.2, 0.25) is 0 Å². The summed E-state index contributed by atoms with van der Waals surface area (Å²) >= 11 is 0. The Morgan fingerprint density at radius 1 is 1.32 bits per heavy atom. The first-order valence-corrected chi connectivity index (χ1v) is 7.80. The zero-order valence-corrected chi connectivity index (χ0v) is 12.6. The molecule has 1 saturated carbocycles. The van der Waals surface area contributed by atoms with Crippen molar-refractivity contribution in [2.75, 3.05) is 7.05 Å². The minimum Gasteiger partial charge on any atom is -0.297 e. The number of hydrogen-bond acceptors (Lipinski definition) is 2. The van der Waals surface area contributed by atoms with Crippen LogP contribution in [0.3, 0.4) is 0 Å². The molecule has 1 unspecified atom stereocenters. The van der Waals surface area contributed by atoms with E-state index < -0.39 is 0 Å². The van der Waals surface area contributed by atoms with Gasteiger partial charge < -0.3 is 0 Å². The van der Waals surface area contributed by atoms with Crippen molar-refractivity contribution in [2.24, 2.45) is 5.41 Å². The summed E-state index contributed by atoms with van der Waals surface area (Å²) in [6.07, 6.45) is 9.11. The third-order valence-corrected chi connectivity index (χ3v) is 5.11. The van der Waals surface area contributed by atoms with Crippen molar-refractivity contribution < 1.29 is 0 Å². The molecule has 0 radical (unpaired) electrons. The van der Waals surface area contributed by atoms with Gasteiger partial charge in [-0.25, -0.2) is 0 Å². The lowest BCUT2D eigenvalue weighted by atomic mass is 9.91. The first-order chi connectivity index (χ1) is 9.05. The van der Waals surface area contributed by atoms with Crippen LogP contribution in [0, 0.1) is 5.41 Å². The van der Waals surface area contributed by atoms with Gasteiger partial charge in [-0.05, 0) is 63.0 Å². The molecule has 2 aliphatic carbocycles. The molecule has 0 spiro atoms. The number of hydrogen-bond donors (Lipinski definition) is 1. The largest absolute Gasteiger partial charge is 0.297 e. The molecule has 19 heavy (non-hydrogen) atoms. The molecule has 106 valence electrons. The summed E-state index contributed by atoms with van der Waals surface area (Å²) < 4.78 is 0. The summed E-state index contributed by atoms with van der Waals surface area (Å²) in [4.78, 5) is 2.53. The maximum atomic E-state index is 4.58. The Morgan fingerprint density at radius 2 is 2.11 bits per heavy atom. The van der Waals surface area contributed by atoms with Crippen LogP contribution in [0.1, 0.15) is 62.9 Å². The van der Waals surface area contributed by atoms with Crippen LogP contribution in [0.25, 0.3) is 0 Å². The van der Waals surface area contributed by atoms with Crippen LogP contribution < -0.4 is 0 Å². The van der Waals surface area contributed by atoms with Crippen LogP contribution in [-0.2, 0) is 19.4 Å². The van der Waals surface area contributed by atoms with Gasteiger partial charge in [0.15, 0.2) is 0 Å². The molecular weight excluding hydrogens is 234 g/mol. The van der Waals surface area contributed by atoms with E-state index in [2.05, 4.69) is 36.0 Å². The molecule has 0 aliphatic heterocycles. The highest BCUT2D eigenvalue weighted by molar-refractivity contribution is 5.27. The number of fused-ring (bicyclic) bond motifs is 1. The van der Waals surface area contributed by atoms with E-state index in [1.54, 1.807) is 0 Å². The molecule has 1 heterocycles. The number of H-pyrrole nitrogens is 1. The Bertz CT molecular complexity index is 447. The number of aryl methyl sites for hydroxylation is 1. The molecule has 1 N–H and O–H groups in total. The minimum absolute atomic E-state index is 0.532. The number of aromatic nitrogens is 2. The molecule has 3 heteroatoms. The second kappa shape index (κ2) is 4.93. The average Bonchev–Trinajstić information content (AvgIpc) is 2.94. The van der Waals surface area contributed by atoms with E-state index in [0.717, 1.165) is 12.6 Å². The lowest BCUT2D eigenvalue weighted by Crippen LogP contribution is -2.30. The zero-order valence-electron chi connectivity index (χ0n) is 12.6. The van der Waals surface area contributed by atoms with Gasteiger partial charge in [-0.1, -0.05) is 13.8 Å². The van der Waals surface area contributed by atoms with Crippen LogP contribution in [0.15, 0.2) is 0 Å². The monoisotopic (exact) mass is 261 g/mol. The van der Waals surface area contributed by atoms with Gasteiger partial charge in [-0.15, -0.1) is 0 Å². The smallest absolute Gasteiger partial charge is 0.0797 e. The lowest BCUT2D eigenvalue weighted by molar-refractivity contribution is 0.217. The highest BCUT2D eigenvalue weighted by Gasteiger charge is 2.33. The van der Waals surface area contributed by atoms with Crippen molar-refractivity contribution in [1.82, 2.24) is 15.1 Å². The predicted molar refractivity (Wildman–Crippen MR) is 78.1 cm³/mol. The predicted octanol–water partition coefficient (Wildman–Crippen LogP) is 3.30. The molecule has 2 aliphatic rings. The van der Waals surface area contributed by atoms with Crippen molar-refractivity contribution >= 4 is 0 Å². The van der Waals surface area contributed by atoms with Gasteiger partial charge in [0, 0.05) is 18.3 Å². The summed E-state index contributed by atoms with van der Waals surface area (Å²) in [6, 6.07) is 0.742. The van der Waals surface area contributed by atoms with Gasteiger partial charge in [-0.2, -0.15) is 5.10 Å². The van der Waals surface area contributed by atoms with Crippen LogP contribution >= 0.6 is 0 Å². The van der Waals surface area contributed by atoms with Crippen molar-refractivity contribution in [3.8, 4) is 0 Å². The highest BCUT2D eigenvalue weighted by atomic mass is 15.2. The summed E-state index contributed by atoms with van der Waals surface area (Å²) in [5.41, 5.74) is 4.77. The third-order valence-electron chi connectivity index (χ3n) is 5.11. The van der Waals surface area contributed by atoms with Gasteiger partial charge in [0.25, 0.3) is 0 Å². The minimum atomic E-state index is 0.532. The lowest BCUT2D eigenvalue weighted by Gasteiger charge is -2.26. The fraction of sp³-hybridized carbons (Fsp3) is 0.812. The molecule has 0 aromatic carbocycles. The molecule has 1 aromatic heterocycles. The van der Waals surface area contributed by atoms with Gasteiger partial charge in [0.05, 0.1) is 5.69 Å². The maximum Gasteiger partial charge on any atom is 0.0797 e. The van der Waals surface area contributed by atoms with Crippen molar-refractivity contribution in [3.63, 3.8) is 0 Å². The van der Waals surface area contributed by atoms with Crippen LogP contribution in [-0.4, -0.2) is 28.2 Å². The molecule has 0 amide bonds. The summed E-state index contributed by atoms with van der Waals surface area (Å²) in [5.74, 6) is 0. The SMILES string of the molecule is CN(Cc1n[nH]c2c1CCCC2)C1CCC(C)(C)C1. The van der Waals surface area contributed by atoms with E-state index in [0.29, 0.717) is 5.41 Å². The van der Waals surface area contributed by atoms with E-state index in [1.165, 1.54) is 61.9 Å². The molecule has 3 nitrogen and oxygen atoms in total. The fourth-order valence-corrected chi connectivity index (χ4v) is 3.82. The number of nitrogens with one attached hydrogen (secondary N) is 1. The normalized spacial score (nSPS) is 25.8. The number of aromatic amines is 1. The number of rotatable bonds is 3. The second-order valence-electron chi connectivity index (χ2n) is 7.31. The standard InChI is InChI=1S/C16H27N3/c1-16(2)9-8-12(10-16)19(3)11-15-13-6-4-5-7-14(13)17-18-15/h12H,4-11H2,1-3H3,(H,17,18). The van der Waals surface area contributed by atoms with Crippen LogP contribution in [0.5, 0.6) is 0 Å². The van der Waals surface area contributed by atoms with Gasteiger partial charge in [-0.3, -0.25) is 10.00 Å². The van der Waals surface area contributed by atoms with Gasteiger partial charge >= 0.3 is 0 Å². The second-order valence-corrected chi connectivity index (χ2v) is 7.31. The Morgan fingerprint density at radius 3 is 2.84 bits per heavy atom. The molecule has 0 bridgehead atoms. The Hall–Kier alpha value is -0.830. The molecule has 0 saturated heterocycles. The van der Waals surface area contributed by atoms with Crippen molar-refractivity contribution in [2.45, 2.75) is 71.4 Å². The summed E-state index contributed by atoms with van der Waals surface area (Å²) in [5, 5.41) is 7.84. The van der Waals surface area contributed by atoms with E-state index in [-0.39, 0.29) is 0 Å². The van der Waals surface area contributed by atoms with Gasteiger partial charge in [0.1, 0.15) is 0 Å². The summed E-state index contributed by atoms with van der Waals surface area (Å²) in [6.45, 7) is 5.82. The first kappa shape index (κ1) is 13.2. The van der Waals surface area contributed by atoms with Crippen molar-refractivity contribution in [1.29, 1.82) is 0 Å². The first-order valence-electron chi connectivity index (χ1n) is 7.80. The maximum absolute atomic E-state index is 4.58. The average molecular weight is 261 g/mol. The number of nitrogens with zero attached hydrogens (tertiary/aromatic N) is 2. The van der Waals surface area contributed by atoms with Crippen LogP contribution in [0.4, 0.5) is 0 Å². The fourth-order valence-electron chi connectivity index (χ4n) is 3.82. The molecule has 3 rings (SSSR count). The van der Waals surface area contributed by atoms with Crippen LogP contribution in [0.2, 0.25) is 0 Å². The Kier molecular flexibility index (Phi) is 3.42.